The van der Waals surface area contributed by atoms with E-state index >= 15 is 0 Å². The van der Waals surface area contributed by atoms with Crippen LogP contribution in [0, 0.1) is 0 Å². The summed E-state index contributed by atoms with van der Waals surface area (Å²) in [5, 5.41) is 4.14. The maximum atomic E-state index is 11.9. The average molecular weight is 506 g/mol. The summed E-state index contributed by atoms with van der Waals surface area (Å²) in [6, 6.07) is 5.07. The molecule has 3 N–H and O–H groups in total. The number of rotatable bonds is 5. The highest BCUT2D eigenvalue weighted by Gasteiger charge is 2.46. The Morgan fingerprint density at radius 1 is 1.42 bits per heavy atom. The molecule has 136 valence electrons. The molecule has 1 saturated carbocycles. The zero-order valence-corrected chi connectivity index (χ0v) is 18.2. The molecule has 1 atom stereocenters. The Balaban J connectivity index is 0.00000288. The summed E-state index contributed by atoms with van der Waals surface area (Å²) < 4.78 is 23.1. The molecule has 1 fully saturated rings. The van der Waals surface area contributed by atoms with Gasteiger partial charge in [-0.25, -0.2) is 8.42 Å². The molecule has 1 aromatic carbocycles. The van der Waals surface area contributed by atoms with Gasteiger partial charge in [-0.05, 0) is 37.5 Å². The van der Waals surface area contributed by atoms with Crippen molar-refractivity contribution >= 4 is 63.0 Å². The Morgan fingerprint density at radius 3 is 2.50 bits per heavy atom. The molecular weight excluding hydrogens is 484 g/mol. The van der Waals surface area contributed by atoms with Gasteiger partial charge in [0.1, 0.15) is 0 Å². The molecule has 2 rings (SSSR count). The quantitative estimate of drug-likeness (QED) is 0.364. The Labute approximate surface area is 170 Å². The van der Waals surface area contributed by atoms with Crippen molar-refractivity contribution in [3.63, 3.8) is 0 Å². The van der Waals surface area contributed by atoms with E-state index in [1.165, 1.54) is 6.26 Å². The van der Waals surface area contributed by atoms with E-state index in [2.05, 4.69) is 10.3 Å². The van der Waals surface area contributed by atoms with Crippen LogP contribution in [0.5, 0.6) is 0 Å². The molecule has 0 saturated heterocycles. The maximum Gasteiger partial charge on any atom is 0.189 e. The number of nitrogens with zero attached hydrogens (tertiary/aromatic N) is 1. The van der Waals surface area contributed by atoms with E-state index < -0.39 is 14.6 Å². The number of sulfone groups is 1. The number of hydrogen-bond donors (Lipinski definition) is 2. The fourth-order valence-corrected chi connectivity index (χ4v) is 4.55. The van der Waals surface area contributed by atoms with Gasteiger partial charge in [-0.3, -0.25) is 4.99 Å². The second-order valence-electron chi connectivity index (χ2n) is 6.04. The molecule has 1 aliphatic rings. The van der Waals surface area contributed by atoms with Crippen LogP contribution in [-0.2, 0) is 9.84 Å². The fraction of sp³-hybridized carbons (Fsp3) is 0.533. The summed E-state index contributed by atoms with van der Waals surface area (Å²) in [4.78, 5) is 4.23. The summed E-state index contributed by atoms with van der Waals surface area (Å²) >= 11 is 12.0. The van der Waals surface area contributed by atoms with Crippen molar-refractivity contribution in [2.24, 2.45) is 10.7 Å². The largest absolute Gasteiger partial charge is 0.370 e. The Morgan fingerprint density at radius 2 is 2.04 bits per heavy atom. The molecule has 0 amide bonds. The van der Waals surface area contributed by atoms with Crippen LogP contribution in [-0.4, -0.2) is 31.9 Å². The minimum Gasteiger partial charge on any atom is -0.370 e. The molecule has 5 nitrogen and oxygen atoms in total. The lowest BCUT2D eigenvalue weighted by atomic mass is 9.84. The zero-order chi connectivity index (χ0) is 17.3. The highest BCUT2D eigenvalue weighted by Crippen LogP contribution is 2.39. The van der Waals surface area contributed by atoms with Gasteiger partial charge in [-0.15, -0.1) is 24.0 Å². The van der Waals surface area contributed by atoms with Crippen molar-refractivity contribution in [1.82, 2.24) is 5.32 Å². The smallest absolute Gasteiger partial charge is 0.189 e. The first-order chi connectivity index (χ1) is 10.6. The first-order valence-electron chi connectivity index (χ1n) is 7.36. The minimum absolute atomic E-state index is 0. The molecule has 0 bridgehead atoms. The van der Waals surface area contributed by atoms with Gasteiger partial charge in [0.15, 0.2) is 15.8 Å². The minimum atomic E-state index is -3.14. The lowest BCUT2D eigenvalue weighted by Crippen LogP contribution is -2.48. The molecule has 0 heterocycles. The number of hydrogen-bond acceptors (Lipinski definition) is 3. The summed E-state index contributed by atoms with van der Waals surface area (Å²) in [6.45, 7) is 2.08. The number of guanidine groups is 1. The first-order valence-corrected chi connectivity index (χ1v) is 10.0. The van der Waals surface area contributed by atoms with Gasteiger partial charge in [-0.1, -0.05) is 35.7 Å². The van der Waals surface area contributed by atoms with Crippen LogP contribution in [0.4, 0.5) is 0 Å². The summed E-state index contributed by atoms with van der Waals surface area (Å²) in [7, 11) is -3.14. The summed E-state index contributed by atoms with van der Waals surface area (Å²) in [5.74, 6) is 0.207. The van der Waals surface area contributed by atoms with Crippen LogP contribution in [0.3, 0.4) is 0 Å². The van der Waals surface area contributed by atoms with E-state index in [4.69, 9.17) is 28.9 Å². The Hall–Kier alpha value is -0.250. The van der Waals surface area contributed by atoms with Crippen LogP contribution >= 0.6 is 47.2 Å². The third-order valence-electron chi connectivity index (χ3n) is 4.38. The van der Waals surface area contributed by atoms with Gasteiger partial charge in [0.05, 0.1) is 17.3 Å². The van der Waals surface area contributed by atoms with Gasteiger partial charge in [-0.2, -0.15) is 0 Å². The van der Waals surface area contributed by atoms with Crippen molar-refractivity contribution in [2.75, 3.05) is 12.8 Å². The van der Waals surface area contributed by atoms with Gasteiger partial charge >= 0.3 is 0 Å². The molecule has 1 unspecified atom stereocenters. The van der Waals surface area contributed by atoms with E-state index in [1.54, 1.807) is 12.1 Å². The number of aliphatic imine (C=N–C) groups is 1. The lowest BCUT2D eigenvalue weighted by Gasteiger charge is -2.38. The number of nitrogens with two attached hydrogens (primary N) is 1. The predicted molar refractivity (Wildman–Crippen MR) is 111 cm³/mol. The van der Waals surface area contributed by atoms with Crippen LogP contribution in [0.2, 0.25) is 10.0 Å². The predicted octanol–water partition coefficient (Wildman–Crippen LogP) is 3.54. The SMILES string of the molecule is CC(NC(N)=NCC1(S(C)(=O)=O)CCC1)c1ccc(Cl)cc1Cl.I. The average Bonchev–Trinajstić information content (AvgIpc) is 2.35. The number of nitrogens with one attached hydrogen (secondary N) is 1. The van der Waals surface area contributed by atoms with E-state index in [0.717, 1.165) is 12.0 Å². The molecule has 1 aliphatic carbocycles. The van der Waals surface area contributed by atoms with Gasteiger partial charge in [0.25, 0.3) is 0 Å². The first kappa shape index (κ1) is 21.8. The summed E-state index contributed by atoms with van der Waals surface area (Å²) in [5.41, 5.74) is 6.74. The molecule has 0 aliphatic heterocycles. The van der Waals surface area contributed by atoms with E-state index in [-0.39, 0.29) is 42.5 Å². The topological polar surface area (TPSA) is 84.5 Å². The van der Waals surface area contributed by atoms with Crippen LogP contribution < -0.4 is 11.1 Å². The fourth-order valence-electron chi connectivity index (χ4n) is 2.64. The van der Waals surface area contributed by atoms with E-state index in [1.807, 2.05) is 13.0 Å². The van der Waals surface area contributed by atoms with Crippen LogP contribution in [0.1, 0.15) is 37.8 Å². The van der Waals surface area contributed by atoms with Crippen molar-refractivity contribution in [1.29, 1.82) is 0 Å². The van der Waals surface area contributed by atoms with Gasteiger partial charge in [0, 0.05) is 16.3 Å². The van der Waals surface area contributed by atoms with Gasteiger partial charge in [0.2, 0.25) is 0 Å². The number of halogens is 3. The molecule has 0 aromatic heterocycles. The maximum absolute atomic E-state index is 11.9. The monoisotopic (exact) mass is 505 g/mol. The van der Waals surface area contributed by atoms with Crippen LogP contribution in [0.15, 0.2) is 23.2 Å². The summed E-state index contributed by atoms with van der Waals surface area (Å²) in [6.07, 6.45) is 3.45. The standard InChI is InChI=1S/C15H21Cl2N3O2S.HI/c1-10(12-5-4-11(16)8-13(12)17)20-14(18)19-9-15(6-3-7-15)23(2,21)22;/h4-5,8,10H,3,6-7,9H2,1-2H3,(H3,18,19,20);1H. The molecule has 0 radical (unpaired) electrons. The van der Waals surface area contributed by atoms with Crippen molar-refractivity contribution in [3.8, 4) is 0 Å². The normalized spacial score (nSPS) is 18.2. The van der Waals surface area contributed by atoms with Crippen molar-refractivity contribution < 1.29 is 8.42 Å². The third kappa shape index (κ3) is 4.89. The highest BCUT2D eigenvalue weighted by atomic mass is 127. The van der Waals surface area contributed by atoms with Crippen LogP contribution in [0.25, 0.3) is 0 Å². The zero-order valence-electron chi connectivity index (χ0n) is 13.6. The molecule has 0 spiro atoms. The molecule has 9 heteroatoms. The Bertz CT molecular complexity index is 721. The van der Waals surface area contributed by atoms with Gasteiger partial charge < -0.3 is 11.1 Å². The number of benzene rings is 1. The van der Waals surface area contributed by atoms with E-state index in [0.29, 0.717) is 22.9 Å². The molecule has 1 aromatic rings. The Kier molecular flexibility index (Phi) is 7.65. The van der Waals surface area contributed by atoms with Crippen molar-refractivity contribution in [2.45, 2.75) is 37.0 Å². The second-order valence-corrected chi connectivity index (χ2v) is 9.30. The molecular formula is C15H22Cl2IN3O2S. The second kappa shape index (κ2) is 8.42. The lowest BCUT2D eigenvalue weighted by molar-refractivity contribution is 0.346. The third-order valence-corrected chi connectivity index (χ3v) is 7.06. The van der Waals surface area contributed by atoms with Crippen molar-refractivity contribution in [3.05, 3.63) is 33.8 Å². The molecule has 24 heavy (non-hydrogen) atoms. The highest BCUT2D eigenvalue weighted by molar-refractivity contribution is 14.0. The van der Waals surface area contributed by atoms with E-state index in [9.17, 15) is 8.42 Å².